The third-order valence-corrected chi connectivity index (χ3v) is 4.78. The highest BCUT2D eigenvalue weighted by Crippen LogP contribution is 2.26. The van der Waals surface area contributed by atoms with Crippen molar-refractivity contribution >= 4 is 28.1 Å². The number of nitro benzene ring substituents is 1. The van der Waals surface area contributed by atoms with Gasteiger partial charge in [-0.2, -0.15) is 0 Å². The maximum atomic E-state index is 12.9. The fraction of sp³-hybridized carbons (Fsp3) is 0.111. The SMILES string of the molecule is Cc1nc(NC(=O)c2ccc(F)cc2)sc1Cc1cccc([N+](=O)[O-])c1. The topological polar surface area (TPSA) is 85.1 Å². The first kappa shape index (κ1) is 17.7. The first-order chi connectivity index (χ1) is 12.4. The standard InChI is InChI=1S/C18H14FN3O3S/c1-11-16(10-12-3-2-4-15(9-12)22(24)25)26-18(20-11)21-17(23)13-5-7-14(19)8-6-13/h2-9H,10H2,1H3,(H,20,21,23). The van der Waals surface area contributed by atoms with Crippen LogP contribution in [0.1, 0.15) is 26.5 Å². The third kappa shape index (κ3) is 4.09. The van der Waals surface area contributed by atoms with Crippen LogP contribution in [-0.2, 0) is 6.42 Å². The van der Waals surface area contributed by atoms with Crippen molar-refractivity contribution in [3.05, 3.63) is 86.2 Å². The van der Waals surface area contributed by atoms with E-state index in [1.54, 1.807) is 6.07 Å². The number of hydrogen-bond acceptors (Lipinski definition) is 5. The normalized spacial score (nSPS) is 10.5. The number of nitrogens with one attached hydrogen (secondary N) is 1. The third-order valence-electron chi connectivity index (χ3n) is 3.71. The summed E-state index contributed by atoms with van der Waals surface area (Å²) in [6.07, 6.45) is 0.484. The zero-order chi connectivity index (χ0) is 18.7. The van der Waals surface area contributed by atoms with E-state index in [1.165, 1.54) is 47.7 Å². The van der Waals surface area contributed by atoms with Gasteiger partial charge in [-0.1, -0.05) is 12.1 Å². The van der Waals surface area contributed by atoms with Crippen LogP contribution < -0.4 is 5.32 Å². The molecule has 3 rings (SSSR count). The van der Waals surface area contributed by atoms with E-state index in [9.17, 15) is 19.3 Å². The van der Waals surface area contributed by atoms with E-state index in [0.29, 0.717) is 17.1 Å². The molecule has 2 aromatic carbocycles. The molecule has 0 radical (unpaired) electrons. The molecule has 26 heavy (non-hydrogen) atoms. The summed E-state index contributed by atoms with van der Waals surface area (Å²) in [7, 11) is 0. The highest BCUT2D eigenvalue weighted by atomic mass is 32.1. The molecule has 0 aliphatic heterocycles. The van der Waals surface area contributed by atoms with Crippen LogP contribution in [0.4, 0.5) is 15.2 Å². The van der Waals surface area contributed by atoms with Crippen LogP contribution in [0.25, 0.3) is 0 Å². The van der Waals surface area contributed by atoms with E-state index in [2.05, 4.69) is 10.3 Å². The maximum Gasteiger partial charge on any atom is 0.269 e. The zero-order valence-electron chi connectivity index (χ0n) is 13.7. The molecular formula is C18H14FN3O3S. The lowest BCUT2D eigenvalue weighted by Crippen LogP contribution is -2.11. The lowest BCUT2D eigenvalue weighted by Gasteiger charge is -2.01. The van der Waals surface area contributed by atoms with E-state index in [1.807, 2.05) is 13.0 Å². The molecule has 6 nitrogen and oxygen atoms in total. The highest BCUT2D eigenvalue weighted by molar-refractivity contribution is 7.15. The number of thiazole rings is 1. The molecule has 132 valence electrons. The van der Waals surface area contributed by atoms with Gasteiger partial charge in [-0.05, 0) is 36.8 Å². The van der Waals surface area contributed by atoms with Crippen molar-refractivity contribution in [1.82, 2.24) is 4.98 Å². The summed E-state index contributed by atoms with van der Waals surface area (Å²) in [5.41, 5.74) is 1.91. The average Bonchev–Trinajstić information content (AvgIpc) is 2.94. The molecule has 0 saturated carbocycles. The molecule has 1 aromatic heterocycles. The highest BCUT2D eigenvalue weighted by Gasteiger charge is 2.14. The number of nitro groups is 1. The molecule has 0 bridgehead atoms. The summed E-state index contributed by atoms with van der Waals surface area (Å²) < 4.78 is 12.9. The number of halogens is 1. The molecular weight excluding hydrogens is 357 g/mol. The molecule has 0 atom stereocenters. The van der Waals surface area contributed by atoms with Crippen LogP contribution in [0.2, 0.25) is 0 Å². The number of benzene rings is 2. The molecule has 1 N–H and O–H groups in total. The van der Waals surface area contributed by atoms with Crippen molar-refractivity contribution in [1.29, 1.82) is 0 Å². The summed E-state index contributed by atoms with van der Waals surface area (Å²) in [5, 5.41) is 14.0. The van der Waals surface area contributed by atoms with Crippen molar-refractivity contribution < 1.29 is 14.1 Å². The minimum atomic E-state index is -0.433. The minimum Gasteiger partial charge on any atom is -0.298 e. The van der Waals surface area contributed by atoms with Gasteiger partial charge in [0.05, 0.1) is 10.6 Å². The smallest absolute Gasteiger partial charge is 0.269 e. The van der Waals surface area contributed by atoms with E-state index in [-0.39, 0.29) is 11.6 Å². The molecule has 1 heterocycles. The Morgan fingerprint density at radius 3 is 2.69 bits per heavy atom. The van der Waals surface area contributed by atoms with Gasteiger partial charge in [0, 0.05) is 29.0 Å². The van der Waals surface area contributed by atoms with Crippen molar-refractivity contribution in [2.24, 2.45) is 0 Å². The molecule has 0 spiro atoms. The van der Waals surface area contributed by atoms with Gasteiger partial charge in [-0.3, -0.25) is 20.2 Å². The van der Waals surface area contributed by atoms with Crippen molar-refractivity contribution in [2.75, 3.05) is 5.32 Å². The average molecular weight is 371 g/mol. The first-order valence-corrected chi connectivity index (χ1v) is 8.50. The molecule has 1 amide bonds. The van der Waals surface area contributed by atoms with Crippen LogP contribution in [0, 0.1) is 22.9 Å². The molecule has 0 unspecified atom stereocenters. The summed E-state index contributed by atoms with van der Waals surface area (Å²) in [5.74, 6) is -0.786. The van der Waals surface area contributed by atoms with Gasteiger partial charge in [-0.15, -0.1) is 11.3 Å². The Hall–Kier alpha value is -3.13. The second-order valence-electron chi connectivity index (χ2n) is 5.59. The fourth-order valence-electron chi connectivity index (χ4n) is 2.38. The number of rotatable bonds is 5. The first-order valence-electron chi connectivity index (χ1n) is 7.69. The van der Waals surface area contributed by atoms with Gasteiger partial charge in [0.1, 0.15) is 5.82 Å². The van der Waals surface area contributed by atoms with Gasteiger partial charge in [0.15, 0.2) is 5.13 Å². The Balaban J connectivity index is 1.74. The maximum absolute atomic E-state index is 12.9. The summed E-state index contributed by atoms with van der Waals surface area (Å²) in [6.45, 7) is 1.82. The molecule has 8 heteroatoms. The molecule has 0 saturated heterocycles. The predicted octanol–water partition coefficient (Wildman–Crippen LogP) is 4.34. The van der Waals surface area contributed by atoms with Crippen molar-refractivity contribution in [2.45, 2.75) is 13.3 Å². The number of anilines is 1. The predicted molar refractivity (Wildman–Crippen MR) is 97.1 cm³/mol. The van der Waals surface area contributed by atoms with Crippen LogP contribution in [0.15, 0.2) is 48.5 Å². The molecule has 0 aliphatic carbocycles. The Kier molecular flexibility index (Phi) is 5.04. The van der Waals surface area contributed by atoms with Gasteiger partial charge >= 0.3 is 0 Å². The molecule has 3 aromatic rings. The summed E-state index contributed by atoms with van der Waals surface area (Å²) in [4.78, 5) is 27.9. The van der Waals surface area contributed by atoms with Crippen LogP contribution in [0.5, 0.6) is 0 Å². The van der Waals surface area contributed by atoms with E-state index in [0.717, 1.165) is 16.1 Å². The largest absolute Gasteiger partial charge is 0.298 e. The van der Waals surface area contributed by atoms with Crippen molar-refractivity contribution in [3.8, 4) is 0 Å². The second kappa shape index (κ2) is 7.40. The lowest BCUT2D eigenvalue weighted by molar-refractivity contribution is -0.384. The van der Waals surface area contributed by atoms with Crippen LogP contribution in [-0.4, -0.2) is 15.8 Å². The number of aryl methyl sites for hydroxylation is 1. The monoisotopic (exact) mass is 371 g/mol. The lowest BCUT2D eigenvalue weighted by atomic mass is 10.1. The molecule has 0 fully saturated rings. The van der Waals surface area contributed by atoms with Crippen LogP contribution >= 0.6 is 11.3 Å². The Bertz CT molecular complexity index is 970. The van der Waals surface area contributed by atoms with Gasteiger partial charge in [0.25, 0.3) is 11.6 Å². The van der Waals surface area contributed by atoms with Gasteiger partial charge < -0.3 is 0 Å². The number of aromatic nitrogens is 1. The number of carbonyl (C=O) groups excluding carboxylic acids is 1. The quantitative estimate of drug-likeness (QED) is 0.534. The summed E-state index contributed by atoms with van der Waals surface area (Å²) >= 11 is 1.31. The number of nitrogens with zero attached hydrogens (tertiary/aromatic N) is 2. The van der Waals surface area contributed by atoms with E-state index < -0.39 is 10.7 Å². The number of non-ortho nitro benzene ring substituents is 1. The Labute approximate surface area is 152 Å². The van der Waals surface area contributed by atoms with Crippen LogP contribution in [0.3, 0.4) is 0 Å². The number of amides is 1. The minimum absolute atomic E-state index is 0.0366. The number of hydrogen-bond donors (Lipinski definition) is 1. The fourth-order valence-corrected chi connectivity index (χ4v) is 3.37. The second-order valence-corrected chi connectivity index (χ2v) is 6.68. The van der Waals surface area contributed by atoms with Crippen molar-refractivity contribution in [3.63, 3.8) is 0 Å². The summed E-state index contributed by atoms with van der Waals surface area (Å²) in [6, 6.07) is 11.6. The van der Waals surface area contributed by atoms with Gasteiger partial charge in [-0.25, -0.2) is 9.37 Å². The Morgan fingerprint density at radius 2 is 2.00 bits per heavy atom. The zero-order valence-corrected chi connectivity index (χ0v) is 14.5. The Morgan fingerprint density at radius 1 is 1.27 bits per heavy atom. The van der Waals surface area contributed by atoms with E-state index >= 15 is 0 Å². The molecule has 0 aliphatic rings. The van der Waals surface area contributed by atoms with E-state index in [4.69, 9.17) is 0 Å². The number of carbonyl (C=O) groups is 1. The van der Waals surface area contributed by atoms with Gasteiger partial charge in [0.2, 0.25) is 0 Å².